The molecule has 0 saturated carbocycles. The van der Waals surface area contributed by atoms with Crippen molar-refractivity contribution in [3.05, 3.63) is 0 Å². The van der Waals surface area contributed by atoms with Gasteiger partial charge in [-0.1, -0.05) is 13.3 Å². The summed E-state index contributed by atoms with van der Waals surface area (Å²) >= 11 is 0. The lowest BCUT2D eigenvalue weighted by Gasteiger charge is -2.11. The summed E-state index contributed by atoms with van der Waals surface area (Å²) in [5.41, 5.74) is 5.48. The summed E-state index contributed by atoms with van der Waals surface area (Å²) in [6.45, 7) is 0.444. The molecule has 0 unspecified atom stereocenters. The quantitative estimate of drug-likeness (QED) is 0.649. The minimum absolute atomic E-state index is 0.0341. The maximum absolute atomic E-state index is 11.6. The van der Waals surface area contributed by atoms with Gasteiger partial charge in [-0.05, 0) is 6.42 Å². The molecule has 0 aliphatic heterocycles. The van der Waals surface area contributed by atoms with Gasteiger partial charge in [-0.2, -0.15) is 13.2 Å². The van der Waals surface area contributed by atoms with Crippen LogP contribution in [0.25, 0.3) is 0 Å². The van der Waals surface area contributed by atoms with E-state index >= 15 is 0 Å². The summed E-state index contributed by atoms with van der Waals surface area (Å²) < 4.78 is 39.2. The number of carbonyl (C=O) groups excluding carboxylic acids is 1. The second kappa shape index (κ2) is 7.45. The minimum atomic E-state index is -4.33. The van der Waals surface area contributed by atoms with Crippen LogP contribution >= 0.6 is 0 Å². The Hall–Kier alpha value is -0.820. The Morgan fingerprint density at radius 1 is 1.50 bits per heavy atom. The summed E-state index contributed by atoms with van der Waals surface area (Å²) in [4.78, 5) is 11.2. The highest BCUT2D eigenvalue weighted by Crippen LogP contribution is 2.13. The van der Waals surface area contributed by atoms with Crippen molar-refractivity contribution in [2.75, 3.05) is 19.8 Å². The molecule has 0 rings (SSSR count). The van der Waals surface area contributed by atoms with Gasteiger partial charge < -0.3 is 15.8 Å². The highest BCUT2D eigenvalue weighted by atomic mass is 19.4. The predicted molar refractivity (Wildman–Crippen MR) is 52.8 cm³/mol. The predicted octanol–water partition coefficient (Wildman–Crippen LogP) is 0.809. The van der Waals surface area contributed by atoms with Crippen LogP contribution in [-0.2, 0) is 9.53 Å². The zero-order valence-corrected chi connectivity index (χ0v) is 9.14. The molecule has 7 heteroatoms. The van der Waals surface area contributed by atoms with Crippen LogP contribution in [0.2, 0.25) is 0 Å². The van der Waals surface area contributed by atoms with Gasteiger partial charge in [-0.3, -0.25) is 4.79 Å². The van der Waals surface area contributed by atoms with Crippen molar-refractivity contribution >= 4 is 5.91 Å². The summed E-state index contributed by atoms with van der Waals surface area (Å²) in [6, 6.07) is -0.604. The standard InChI is InChI=1S/C9H17F3N2O2/c1-2-3-7(13)8(15)14-4-5-16-6-9(10,11)12/h7H,2-6,13H2,1H3,(H,14,15)/t7-/m0/s1. The van der Waals surface area contributed by atoms with Gasteiger partial charge in [0.15, 0.2) is 0 Å². The number of rotatable bonds is 7. The minimum Gasteiger partial charge on any atom is -0.370 e. The van der Waals surface area contributed by atoms with E-state index in [-0.39, 0.29) is 19.1 Å². The molecule has 3 N–H and O–H groups in total. The average Bonchev–Trinajstić information content (AvgIpc) is 2.15. The van der Waals surface area contributed by atoms with Gasteiger partial charge in [0.1, 0.15) is 6.61 Å². The van der Waals surface area contributed by atoms with E-state index in [2.05, 4.69) is 10.1 Å². The molecule has 0 heterocycles. The van der Waals surface area contributed by atoms with E-state index in [0.717, 1.165) is 6.42 Å². The van der Waals surface area contributed by atoms with Gasteiger partial charge in [0.05, 0.1) is 12.6 Å². The second-order valence-corrected chi connectivity index (χ2v) is 3.35. The average molecular weight is 242 g/mol. The van der Waals surface area contributed by atoms with E-state index in [1.807, 2.05) is 6.92 Å². The number of hydrogen-bond acceptors (Lipinski definition) is 3. The second-order valence-electron chi connectivity index (χ2n) is 3.35. The summed E-state index contributed by atoms with van der Waals surface area (Å²) in [6.07, 6.45) is -3.00. The third-order valence-electron chi connectivity index (χ3n) is 1.75. The zero-order valence-electron chi connectivity index (χ0n) is 9.14. The van der Waals surface area contributed by atoms with Gasteiger partial charge in [0.25, 0.3) is 0 Å². The molecule has 0 aliphatic rings. The summed E-state index contributed by atoms with van der Waals surface area (Å²) in [5.74, 6) is -0.363. The molecule has 0 aromatic rings. The van der Waals surface area contributed by atoms with Crippen LogP contribution in [0.5, 0.6) is 0 Å². The van der Waals surface area contributed by atoms with Gasteiger partial charge in [-0.15, -0.1) is 0 Å². The maximum atomic E-state index is 11.6. The van der Waals surface area contributed by atoms with Gasteiger partial charge in [-0.25, -0.2) is 0 Å². The van der Waals surface area contributed by atoms with Crippen LogP contribution in [0.1, 0.15) is 19.8 Å². The smallest absolute Gasteiger partial charge is 0.370 e. The molecular formula is C9H17F3N2O2. The first-order valence-electron chi connectivity index (χ1n) is 5.04. The molecular weight excluding hydrogens is 225 g/mol. The molecule has 1 atom stereocenters. The number of amides is 1. The fourth-order valence-corrected chi connectivity index (χ4v) is 1.01. The first-order chi connectivity index (χ1) is 7.37. The maximum Gasteiger partial charge on any atom is 0.411 e. The monoisotopic (exact) mass is 242 g/mol. The molecule has 0 bridgehead atoms. The van der Waals surface area contributed by atoms with Gasteiger partial charge in [0, 0.05) is 6.54 Å². The van der Waals surface area contributed by atoms with E-state index in [4.69, 9.17) is 5.73 Å². The molecule has 0 radical (unpaired) electrons. The Morgan fingerprint density at radius 3 is 2.62 bits per heavy atom. The lowest BCUT2D eigenvalue weighted by molar-refractivity contribution is -0.173. The fraction of sp³-hybridized carbons (Fsp3) is 0.889. The Bertz CT molecular complexity index is 209. The Kier molecular flexibility index (Phi) is 7.07. The number of nitrogens with two attached hydrogens (primary N) is 1. The van der Waals surface area contributed by atoms with Crippen LogP contribution < -0.4 is 11.1 Å². The highest BCUT2D eigenvalue weighted by molar-refractivity contribution is 5.81. The van der Waals surface area contributed by atoms with Crippen LogP contribution in [0.3, 0.4) is 0 Å². The normalized spacial score (nSPS) is 13.6. The summed E-state index contributed by atoms with van der Waals surface area (Å²) in [5, 5.41) is 2.40. The molecule has 4 nitrogen and oxygen atoms in total. The van der Waals surface area contributed by atoms with E-state index < -0.39 is 18.8 Å². The molecule has 0 aromatic carbocycles. The molecule has 0 fully saturated rings. The van der Waals surface area contributed by atoms with E-state index in [9.17, 15) is 18.0 Å². The van der Waals surface area contributed by atoms with Crippen molar-refractivity contribution in [2.45, 2.75) is 32.0 Å². The Balaban J connectivity index is 3.48. The number of alkyl halides is 3. The van der Waals surface area contributed by atoms with E-state index in [0.29, 0.717) is 6.42 Å². The Labute approximate surface area is 92.3 Å². The number of hydrogen-bond donors (Lipinski definition) is 2. The summed E-state index contributed by atoms with van der Waals surface area (Å²) in [7, 11) is 0. The molecule has 16 heavy (non-hydrogen) atoms. The number of ether oxygens (including phenoxy) is 1. The largest absolute Gasteiger partial charge is 0.411 e. The van der Waals surface area contributed by atoms with Crippen molar-refractivity contribution in [2.24, 2.45) is 5.73 Å². The van der Waals surface area contributed by atoms with E-state index in [1.54, 1.807) is 0 Å². The van der Waals surface area contributed by atoms with Crippen LogP contribution in [0.4, 0.5) is 13.2 Å². The molecule has 0 aliphatic carbocycles. The van der Waals surface area contributed by atoms with Crippen molar-refractivity contribution in [3.63, 3.8) is 0 Å². The van der Waals surface area contributed by atoms with Gasteiger partial charge in [0.2, 0.25) is 5.91 Å². The lowest BCUT2D eigenvalue weighted by Crippen LogP contribution is -2.41. The van der Waals surface area contributed by atoms with Crippen LogP contribution in [-0.4, -0.2) is 37.9 Å². The van der Waals surface area contributed by atoms with Crippen LogP contribution in [0, 0.1) is 0 Å². The third kappa shape index (κ3) is 8.49. The molecule has 1 amide bonds. The third-order valence-corrected chi connectivity index (χ3v) is 1.75. The van der Waals surface area contributed by atoms with Crippen molar-refractivity contribution in [1.29, 1.82) is 0 Å². The van der Waals surface area contributed by atoms with Crippen molar-refractivity contribution in [3.8, 4) is 0 Å². The van der Waals surface area contributed by atoms with Crippen molar-refractivity contribution in [1.82, 2.24) is 5.32 Å². The first kappa shape index (κ1) is 15.2. The molecule has 96 valence electrons. The Morgan fingerprint density at radius 2 is 2.12 bits per heavy atom. The van der Waals surface area contributed by atoms with Gasteiger partial charge >= 0.3 is 6.18 Å². The number of carbonyl (C=O) groups is 1. The lowest BCUT2D eigenvalue weighted by atomic mass is 10.2. The molecule has 0 spiro atoms. The highest BCUT2D eigenvalue weighted by Gasteiger charge is 2.27. The topological polar surface area (TPSA) is 64.4 Å². The van der Waals surface area contributed by atoms with Crippen molar-refractivity contribution < 1.29 is 22.7 Å². The number of nitrogens with one attached hydrogen (secondary N) is 1. The molecule has 0 aromatic heterocycles. The van der Waals surface area contributed by atoms with E-state index in [1.165, 1.54) is 0 Å². The SMILES string of the molecule is CCC[C@H](N)C(=O)NCCOCC(F)(F)F. The van der Waals surface area contributed by atoms with Crippen LogP contribution in [0.15, 0.2) is 0 Å². The first-order valence-corrected chi connectivity index (χ1v) is 5.04. The number of halogens is 3. The fourth-order valence-electron chi connectivity index (χ4n) is 1.01. The zero-order chi connectivity index (χ0) is 12.6. The molecule has 0 saturated heterocycles.